The molecule has 3 aromatic rings. The van der Waals surface area contributed by atoms with Crippen LogP contribution >= 0.6 is 0 Å². The Morgan fingerprint density at radius 3 is 2.93 bits per heavy atom. The van der Waals surface area contributed by atoms with E-state index < -0.39 is 0 Å². The van der Waals surface area contributed by atoms with Gasteiger partial charge in [-0.25, -0.2) is 9.97 Å². The summed E-state index contributed by atoms with van der Waals surface area (Å²) in [6.45, 7) is 4.92. The summed E-state index contributed by atoms with van der Waals surface area (Å²) >= 11 is 0. The fraction of sp³-hybridized carbons (Fsp3) is 0.409. The number of ether oxygens (including phenoxy) is 1. The van der Waals surface area contributed by atoms with Gasteiger partial charge in [0, 0.05) is 44.9 Å². The van der Waals surface area contributed by atoms with E-state index >= 15 is 0 Å². The fourth-order valence-electron chi connectivity index (χ4n) is 4.00. The molecule has 1 aromatic carbocycles. The van der Waals surface area contributed by atoms with Crippen molar-refractivity contribution in [3.8, 4) is 0 Å². The lowest BCUT2D eigenvalue weighted by atomic mass is 10.0. The first-order valence-electron chi connectivity index (χ1n) is 9.81. The van der Waals surface area contributed by atoms with Crippen molar-refractivity contribution in [3.63, 3.8) is 0 Å². The SMILES string of the molecule is COCCn1c(C[C@H]2CCN(C(=O)c3ccccc3C)C2)nc2cccnc21. The Labute approximate surface area is 165 Å². The number of hydrogen-bond donors (Lipinski definition) is 0. The second-order valence-electron chi connectivity index (χ2n) is 7.44. The molecule has 0 aliphatic carbocycles. The van der Waals surface area contributed by atoms with E-state index in [0.29, 0.717) is 12.5 Å². The first kappa shape index (κ1) is 18.6. The first-order valence-corrected chi connectivity index (χ1v) is 9.81. The predicted molar refractivity (Wildman–Crippen MR) is 108 cm³/mol. The Balaban J connectivity index is 1.50. The van der Waals surface area contributed by atoms with Gasteiger partial charge in [-0.05, 0) is 43.0 Å². The van der Waals surface area contributed by atoms with E-state index in [9.17, 15) is 4.79 Å². The zero-order chi connectivity index (χ0) is 19.5. The topological polar surface area (TPSA) is 60.2 Å². The monoisotopic (exact) mass is 378 g/mol. The lowest BCUT2D eigenvalue weighted by Crippen LogP contribution is -2.29. The zero-order valence-corrected chi connectivity index (χ0v) is 16.5. The molecule has 1 saturated heterocycles. The molecule has 1 aliphatic heterocycles. The Morgan fingerprint density at radius 2 is 2.11 bits per heavy atom. The van der Waals surface area contributed by atoms with E-state index in [2.05, 4.69) is 9.55 Å². The molecule has 0 bridgehead atoms. The van der Waals surface area contributed by atoms with Crippen molar-refractivity contribution in [2.45, 2.75) is 26.3 Å². The summed E-state index contributed by atoms with van der Waals surface area (Å²) in [7, 11) is 1.71. The van der Waals surface area contributed by atoms with Gasteiger partial charge in [0.15, 0.2) is 5.65 Å². The molecule has 1 atom stereocenters. The maximum atomic E-state index is 12.9. The number of fused-ring (bicyclic) bond motifs is 1. The van der Waals surface area contributed by atoms with Crippen molar-refractivity contribution in [1.82, 2.24) is 19.4 Å². The van der Waals surface area contributed by atoms with Crippen LogP contribution in [0.15, 0.2) is 42.6 Å². The molecule has 28 heavy (non-hydrogen) atoms. The van der Waals surface area contributed by atoms with Crippen LogP contribution in [0, 0.1) is 12.8 Å². The Bertz CT molecular complexity index is 982. The number of methoxy groups -OCH3 is 1. The van der Waals surface area contributed by atoms with E-state index in [-0.39, 0.29) is 5.91 Å². The molecule has 1 aliphatic rings. The molecule has 0 spiro atoms. The van der Waals surface area contributed by atoms with E-state index in [4.69, 9.17) is 9.72 Å². The maximum absolute atomic E-state index is 12.9. The van der Waals surface area contributed by atoms with Crippen molar-refractivity contribution in [1.29, 1.82) is 0 Å². The molecule has 1 amide bonds. The lowest BCUT2D eigenvalue weighted by molar-refractivity contribution is 0.0786. The van der Waals surface area contributed by atoms with Gasteiger partial charge in [0.25, 0.3) is 5.91 Å². The standard InChI is InChI=1S/C22H26N4O2/c1-16-6-3-4-7-18(16)22(27)25-11-9-17(15-25)14-20-24-19-8-5-10-23-21(19)26(20)12-13-28-2/h3-8,10,17H,9,11-15H2,1-2H3/t17-/m1/s1. The number of likely N-dealkylation sites (tertiary alicyclic amines) is 1. The number of hydrogen-bond acceptors (Lipinski definition) is 4. The summed E-state index contributed by atoms with van der Waals surface area (Å²) in [5.74, 6) is 1.57. The predicted octanol–water partition coefficient (Wildman–Crippen LogP) is 3.09. The van der Waals surface area contributed by atoms with Crippen LogP contribution in [0.25, 0.3) is 11.2 Å². The lowest BCUT2D eigenvalue weighted by Gasteiger charge is -2.18. The zero-order valence-electron chi connectivity index (χ0n) is 16.5. The number of amides is 1. The number of imidazole rings is 1. The first-order chi connectivity index (χ1) is 13.7. The second kappa shape index (κ2) is 8.10. The molecule has 0 saturated carbocycles. The molecule has 3 heterocycles. The molecule has 6 heteroatoms. The van der Waals surface area contributed by atoms with Gasteiger partial charge in [-0.15, -0.1) is 0 Å². The van der Waals surface area contributed by atoms with Crippen molar-refractivity contribution in [2.75, 3.05) is 26.8 Å². The number of nitrogens with zero attached hydrogens (tertiary/aromatic N) is 4. The van der Waals surface area contributed by atoms with Crippen molar-refractivity contribution in [2.24, 2.45) is 5.92 Å². The number of rotatable bonds is 6. The largest absolute Gasteiger partial charge is 0.383 e. The third-order valence-electron chi connectivity index (χ3n) is 5.52. The van der Waals surface area contributed by atoms with Crippen LogP contribution in [0.5, 0.6) is 0 Å². The van der Waals surface area contributed by atoms with Crippen molar-refractivity contribution >= 4 is 17.1 Å². The van der Waals surface area contributed by atoms with Gasteiger partial charge in [-0.3, -0.25) is 4.79 Å². The number of pyridine rings is 1. The normalized spacial score (nSPS) is 16.8. The Kier molecular flexibility index (Phi) is 5.39. The third kappa shape index (κ3) is 3.64. The van der Waals surface area contributed by atoms with Gasteiger partial charge >= 0.3 is 0 Å². The van der Waals surface area contributed by atoms with Gasteiger partial charge in [0.1, 0.15) is 11.3 Å². The van der Waals surface area contributed by atoms with Gasteiger partial charge in [0.05, 0.1) is 6.61 Å². The number of aromatic nitrogens is 3. The summed E-state index contributed by atoms with van der Waals surface area (Å²) in [4.78, 5) is 24.2. The average molecular weight is 378 g/mol. The van der Waals surface area contributed by atoms with Crippen molar-refractivity contribution < 1.29 is 9.53 Å². The summed E-state index contributed by atoms with van der Waals surface area (Å²) in [6, 6.07) is 11.7. The van der Waals surface area contributed by atoms with Crippen LogP contribution in [0.3, 0.4) is 0 Å². The second-order valence-corrected chi connectivity index (χ2v) is 7.44. The molecule has 1 fully saturated rings. The molecule has 2 aromatic heterocycles. The van der Waals surface area contributed by atoms with Gasteiger partial charge in [0.2, 0.25) is 0 Å². The fourth-order valence-corrected chi connectivity index (χ4v) is 4.00. The number of carbonyl (C=O) groups is 1. The van der Waals surface area contributed by atoms with Gasteiger partial charge in [-0.1, -0.05) is 18.2 Å². The Morgan fingerprint density at radius 1 is 1.25 bits per heavy atom. The van der Waals surface area contributed by atoms with Crippen LogP contribution < -0.4 is 0 Å². The molecular formula is C22H26N4O2. The van der Waals surface area contributed by atoms with Gasteiger partial charge < -0.3 is 14.2 Å². The van der Waals surface area contributed by atoms with E-state index in [1.165, 1.54) is 0 Å². The highest BCUT2D eigenvalue weighted by Gasteiger charge is 2.29. The Hall–Kier alpha value is -2.73. The van der Waals surface area contributed by atoms with Gasteiger partial charge in [-0.2, -0.15) is 0 Å². The maximum Gasteiger partial charge on any atom is 0.254 e. The molecule has 6 nitrogen and oxygen atoms in total. The molecular weight excluding hydrogens is 352 g/mol. The molecule has 0 unspecified atom stereocenters. The van der Waals surface area contributed by atoms with Crippen LogP contribution in [0.2, 0.25) is 0 Å². The van der Waals surface area contributed by atoms with Crippen molar-refractivity contribution in [3.05, 3.63) is 59.5 Å². The molecule has 0 radical (unpaired) electrons. The minimum Gasteiger partial charge on any atom is -0.383 e. The highest BCUT2D eigenvalue weighted by atomic mass is 16.5. The smallest absolute Gasteiger partial charge is 0.254 e. The minimum absolute atomic E-state index is 0.134. The molecule has 0 N–H and O–H groups in total. The van der Waals surface area contributed by atoms with E-state index in [1.807, 2.05) is 48.2 Å². The summed E-state index contributed by atoms with van der Waals surface area (Å²) < 4.78 is 7.43. The third-order valence-corrected chi connectivity index (χ3v) is 5.52. The molecule has 146 valence electrons. The van der Waals surface area contributed by atoms with Crippen LogP contribution in [0.4, 0.5) is 0 Å². The quantitative estimate of drug-likeness (QED) is 0.661. The van der Waals surface area contributed by atoms with Crippen LogP contribution in [0.1, 0.15) is 28.2 Å². The number of benzene rings is 1. The van der Waals surface area contributed by atoms with E-state index in [0.717, 1.165) is 60.6 Å². The van der Waals surface area contributed by atoms with Crippen LogP contribution in [-0.2, 0) is 17.7 Å². The summed E-state index contributed by atoms with van der Waals surface area (Å²) in [6.07, 6.45) is 3.64. The summed E-state index contributed by atoms with van der Waals surface area (Å²) in [5.41, 5.74) is 3.66. The number of carbonyl (C=O) groups excluding carboxylic acids is 1. The van der Waals surface area contributed by atoms with E-state index in [1.54, 1.807) is 13.3 Å². The molecule has 4 rings (SSSR count). The summed E-state index contributed by atoms with van der Waals surface area (Å²) in [5, 5.41) is 0. The highest BCUT2D eigenvalue weighted by molar-refractivity contribution is 5.95. The minimum atomic E-state index is 0.134. The highest BCUT2D eigenvalue weighted by Crippen LogP contribution is 2.24. The average Bonchev–Trinajstić information content (AvgIpc) is 3.31. The van der Waals surface area contributed by atoms with Crippen LogP contribution in [-0.4, -0.2) is 52.1 Å². The number of aryl methyl sites for hydroxylation is 1.